The number of hydrogen-bond acceptors (Lipinski definition) is 4. The lowest BCUT2D eigenvalue weighted by Crippen LogP contribution is -2.31. The highest BCUT2D eigenvalue weighted by molar-refractivity contribution is 6.59. The van der Waals surface area contributed by atoms with E-state index in [1.165, 1.54) is 6.07 Å². The van der Waals surface area contributed by atoms with Crippen LogP contribution in [0.5, 0.6) is 5.75 Å². The summed E-state index contributed by atoms with van der Waals surface area (Å²) in [5.41, 5.74) is 0.802. The van der Waals surface area contributed by atoms with E-state index in [1.807, 2.05) is 20.0 Å². The van der Waals surface area contributed by atoms with Crippen LogP contribution in [-0.4, -0.2) is 26.9 Å². The lowest BCUT2D eigenvalue weighted by Gasteiger charge is -2.10. The summed E-state index contributed by atoms with van der Waals surface area (Å²) in [7, 11) is -1.71. The van der Waals surface area contributed by atoms with Gasteiger partial charge in [-0.1, -0.05) is 6.07 Å². The number of halogens is 1. The van der Waals surface area contributed by atoms with Crippen LogP contribution in [-0.2, 0) is 6.61 Å². The van der Waals surface area contributed by atoms with E-state index in [2.05, 4.69) is 5.10 Å². The lowest BCUT2D eigenvalue weighted by atomic mass is 9.79. The first-order valence-corrected chi connectivity index (χ1v) is 6.30. The summed E-state index contributed by atoms with van der Waals surface area (Å²) < 4.78 is 20.4. The maximum absolute atomic E-state index is 13.2. The van der Waals surface area contributed by atoms with Crippen molar-refractivity contribution in [1.29, 1.82) is 0 Å². The van der Waals surface area contributed by atoms with Crippen LogP contribution in [0.15, 0.2) is 30.5 Å². The molecular weight excluding hydrogens is 262 g/mol. The molecule has 1 heterocycles. The summed E-state index contributed by atoms with van der Waals surface area (Å²) in [6.45, 7) is 4.14. The van der Waals surface area contributed by atoms with E-state index in [0.29, 0.717) is 5.69 Å². The van der Waals surface area contributed by atoms with Gasteiger partial charge in [-0.3, -0.25) is 4.68 Å². The fourth-order valence-corrected chi connectivity index (χ4v) is 1.74. The summed E-state index contributed by atoms with van der Waals surface area (Å²) in [5, 5.41) is 22.7. The molecule has 0 saturated heterocycles. The highest BCUT2D eigenvalue weighted by atomic mass is 19.1. The molecule has 2 aromatic rings. The molecule has 106 valence electrons. The van der Waals surface area contributed by atoms with Gasteiger partial charge >= 0.3 is 7.12 Å². The van der Waals surface area contributed by atoms with Crippen molar-refractivity contribution >= 4 is 12.6 Å². The third kappa shape index (κ3) is 3.37. The molecule has 0 atom stereocenters. The van der Waals surface area contributed by atoms with Crippen molar-refractivity contribution in [3.63, 3.8) is 0 Å². The van der Waals surface area contributed by atoms with Gasteiger partial charge < -0.3 is 14.8 Å². The van der Waals surface area contributed by atoms with Crippen molar-refractivity contribution in [3.8, 4) is 5.75 Å². The average Bonchev–Trinajstić information content (AvgIpc) is 2.85. The van der Waals surface area contributed by atoms with Crippen molar-refractivity contribution in [2.75, 3.05) is 0 Å². The van der Waals surface area contributed by atoms with Crippen molar-refractivity contribution < 1.29 is 19.2 Å². The van der Waals surface area contributed by atoms with Gasteiger partial charge in [0.25, 0.3) is 0 Å². The monoisotopic (exact) mass is 278 g/mol. The number of nitrogens with zero attached hydrogens (tertiary/aromatic N) is 2. The summed E-state index contributed by atoms with van der Waals surface area (Å²) in [5.74, 6) is -0.406. The fraction of sp³-hybridized carbons (Fsp3) is 0.308. The molecule has 0 unspecified atom stereocenters. The largest absolute Gasteiger partial charge is 0.492 e. The Bertz CT molecular complexity index is 587. The Morgan fingerprint density at radius 1 is 1.35 bits per heavy atom. The van der Waals surface area contributed by atoms with E-state index >= 15 is 0 Å². The van der Waals surface area contributed by atoms with Crippen LogP contribution >= 0.6 is 0 Å². The molecule has 5 nitrogen and oxygen atoms in total. The van der Waals surface area contributed by atoms with Crippen LogP contribution in [0, 0.1) is 5.82 Å². The Labute approximate surface area is 116 Å². The molecule has 0 aliphatic carbocycles. The average molecular weight is 278 g/mol. The molecule has 0 fully saturated rings. The maximum atomic E-state index is 13.2. The summed E-state index contributed by atoms with van der Waals surface area (Å²) in [6.07, 6.45) is 1.83. The Hall–Kier alpha value is -1.86. The van der Waals surface area contributed by atoms with E-state index in [1.54, 1.807) is 10.7 Å². The van der Waals surface area contributed by atoms with Crippen molar-refractivity contribution in [1.82, 2.24) is 9.78 Å². The second-order valence-corrected chi connectivity index (χ2v) is 4.73. The molecular formula is C13H16BFN2O3. The molecule has 0 radical (unpaired) electrons. The third-order valence-corrected chi connectivity index (χ3v) is 2.82. The lowest BCUT2D eigenvalue weighted by molar-refractivity contribution is 0.298. The Morgan fingerprint density at radius 2 is 2.10 bits per heavy atom. The predicted molar refractivity (Wildman–Crippen MR) is 73.2 cm³/mol. The van der Waals surface area contributed by atoms with E-state index in [4.69, 9.17) is 4.74 Å². The molecule has 1 aromatic heterocycles. The van der Waals surface area contributed by atoms with Gasteiger partial charge in [0.2, 0.25) is 0 Å². The van der Waals surface area contributed by atoms with Gasteiger partial charge in [0, 0.05) is 23.8 Å². The minimum atomic E-state index is -1.71. The number of rotatable bonds is 5. The fourth-order valence-electron chi connectivity index (χ4n) is 1.74. The molecule has 2 N–H and O–H groups in total. The van der Waals surface area contributed by atoms with Crippen LogP contribution in [0.25, 0.3) is 0 Å². The second-order valence-electron chi connectivity index (χ2n) is 4.73. The van der Waals surface area contributed by atoms with Crippen LogP contribution in [0.3, 0.4) is 0 Å². The zero-order chi connectivity index (χ0) is 14.7. The summed E-state index contributed by atoms with van der Waals surface area (Å²) in [6, 6.07) is 5.59. The van der Waals surface area contributed by atoms with E-state index in [-0.39, 0.29) is 23.9 Å². The summed E-state index contributed by atoms with van der Waals surface area (Å²) >= 11 is 0. The minimum Gasteiger partial charge on any atom is -0.487 e. The van der Waals surface area contributed by atoms with Gasteiger partial charge in [-0.15, -0.1) is 0 Å². The molecule has 20 heavy (non-hydrogen) atoms. The molecule has 0 aliphatic rings. The van der Waals surface area contributed by atoms with Gasteiger partial charge in [-0.25, -0.2) is 4.39 Å². The number of benzene rings is 1. The van der Waals surface area contributed by atoms with Crippen LogP contribution in [0.1, 0.15) is 25.6 Å². The minimum absolute atomic E-state index is 0.0964. The van der Waals surface area contributed by atoms with Crippen LogP contribution in [0.2, 0.25) is 0 Å². The topological polar surface area (TPSA) is 67.5 Å². The van der Waals surface area contributed by atoms with Crippen molar-refractivity contribution in [2.45, 2.75) is 26.5 Å². The molecule has 0 spiro atoms. The van der Waals surface area contributed by atoms with Gasteiger partial charge in [-0.05, 0) is 26.0 Å². The number of ether oxygens (including phenoxy) is 1. The Balaban J connectivity index is 2.11. The Kier molecular flexibility index (Phi) is 4.41. The zero-order valence-corrected chi connectivity index (χ0v) is 11.3. The highest BCUT2D eigenvalue weighted by Crippen LogP contribution is 2.13. The molecule has 2 rings (SSSR count). The quantitative estimate of drug-likeness (QED) is 0.796. The zero-order valence-electron chi connectivity index (χ0n) is 11.3. The van der Waals surface area contributed by atoms with E-state index in [0.717, 1.165) is 12.1 Å². The SMILES string of the molecule is CC(C)n1ccc(COc2cc(F)ccc2B(O)O)n1. The normalized spacial score (nSPS) is 10.9. The molecule has 0 amide bonds. The standard InChI is InChI=1S/C13H16BFN2O3/c1-9(2)17-6-5-11(16-17)8-20-13-7-10(15)3-4-12(13)14(18)19/h3-7,9,18-19H,8H2,1-2H3. The molecule has 0 saturated carbocycles. The second kappa shape index (κ2) is 6.07. The Morgan fingerprint density at radius 3 is 2.70 bits per heavy atom. The molecule has 0 bridgehead atoms. The first kappa shape index (κ1) is 14.6. The predicted octanol–water partition coefficient (Wildman–Crippen LogP) is 0.862. The van der Waals surface area contributed by atoms with Gasteiger partial charge in [0.05, 0.1) is 5.69 Å². The van der Waals surface area contributed by atoms with Gasteiger partial charge in [-0.2, -0.15) is 5.10 Å². The van der Waals surface area contributed by atoms with Crippen LogP contribution in [0.4, 0.5) is 4.39 Å². The molecule has 1 aromatic carbocycles. The molecule has 0 aliphatic heterocycles. The van der Waals surface area contributed by atoms with Crippen molar-refractivity contribution in [2.24, 2.45) is 0 Å². The van der Waals surface area contributed by atoms with Crippen molar-refractivity contribution in [3.05, 3.63) is 42.0 Å². The smallest absolute Gasteiger partial charge is 0.487 e. The van der Waals surface area contributed by atoms with Gasteiger partial charge in [0.1, 0.15) is 18.2 Å². The first-order valence-electron chi connectivity index (χ1n) is 6.30. The maximum Gasteiger partial charge on any atom is 0.492 e. The number of hydrogen-bond donors (Lipinski definition) is 2. The van der Waals surface area contributed by atoms with E-state index in [9.17, 15) is 14.4 Å². The third-order valence-electron chi connectivity index (χ3n) is 2.82. The van der Waals surface area contributed by atoms with Gasteiger partial charge in [0.15, 0.2) is 0 Å². The first-order chi connectivity index (χ1) is 9.47. The number of aromatic nitrogens is 2. The summed E-state index contributed by atoms with van der Waals surface area (Å²) in [4.78, 5) is 0. The van der Waals surface area contributed by atoms with Crippen LogP contribution < -0.4 is 10.2 Å². The highest BCUT2D eigenvalue weighted by Gasteiger charge is 2.18. The molecule has 7 heteroatoms. The van der Waals surface area contributed by atoms with E-state index < -0.39 is 12.9 Å².